The highest BCUT2D eigenvalue weighted by atomic mass is 16.4. The summed E-state index contributed by atoms with van der Waals surface area (Å²) in [6.07, 6.45) is 6.55. The van der Waals surface area contributed by atoms with Crippen LogP contribution in [0, 0.1) is 0 Å². The van der Waals surface area contributed by atoms with Gasteiger partial charge in [0.1, 0.15) is 6.04 Å². The predicted octanol–water partition coefficient (Wildman–Crippen LogP) is 0.984. The van der Waals surface area contributed by atoms with Crippen LogP contribution in [0.4, 0.5) is 0 Å². The van der Waals surface area contributed by atoms with E-state index in [1.807, 2.05) is 0 Å². The number of hydrogen-bond acceptors (Lipinski definition) is 3. The number of aliphatic carboxylic acids is 1. The second-order valence-electron chi connectivity index (χ2n) is 5.24. The summed E-state index contributed by atoms with van der Waals surface area (Å²) in [5, 5.41) is 12.5. The number of rotatable bonds is 2. The molecule has 2 aliphatic rings. The number of hydrogen-bond donors (Lipinski definition) is 2. The third-order valence-electron chi connectivity index (χ3n) is 3.93. The summed E-state index contributed by atoms with van der Waals surface area (Å²) >= 11 is 0. The molecule has 0 aromatic heterocycles. The van der Waals surface area contributed by atoms with Crippen molar-refractivity contribution in [2.45, 2.75) is 57.0 Å². The Morgan fingerprint density at radius 3 is 2.61 bits per heavy atom. The summed E-state index contributed by atoms with van der Waals surface area (Å²) in [4.78, 5) is 25.2. The maximum atomic E-state index is 12.4. The highest BCUT2D eigenvalue weighted by Crippen LogP contribution is 2.20. The van der Waals surface area contributed by atoms with E-state index in [1.54, 1.807) is 4.90 Å². The molecule has 2 heterocycles. The minimum absolute atomic E-state index is 0.0102. The largest absolute Gasteiger partial charge is 0.480 e. The van der Waals surface area contributed by atoms with E-state index in [4.69, 9.17) is 0 Å². The zero-order valence-corrected chi connectivity index (χ0v) is 10.7. The normalized spacial score (nSPS) is 29.7. The fraction of sp³-hybridized carbons (Fsp3) is 0.846. The van der Waals surface area contributed by atoms with E-state index in [0.717, 1.165) is 45.1 Å². The van der Waals surface area contributed by atoms with E-state index in [1.165, 1.54) is 0 Å². The maximum absolute atomic E-state index is 12.4. The Kier molecular flexibility index (Phi) is 4.58. The van der Waals surface area contributed by atoms with Gasteiger partial charge in [0.15, 0.2) is 0 Å². The molecule has 0 saturated carbocycles. The second-order valence-corrected chi connectivity index (χ2v) is 5.24. The Morgan fingerprint density at radius 2 is 1.83 bits per heavy atom. The molecule has 0 aromatic rings. The lowest BCUT2D eigenvalue weighted by molar-refractivity contribution is -0.153. The van der Waals surface area contributed by atoms with Crippen LogP contribution >= 0.6 is 0 Å². The molecule has 1 amide bonds. The monoisotopic (exact) mass is 254 g/mol. The smallest absolute Gasteiger partial charge is 0.326 e. The van der Waals surface area contributed by atoms with Crippen molar-refractivity contribution in [2.24, 2.45) is 0 Å². The lowest BCUT2D eigenvalue weighted by Crippen LogP contribution is -2.54. The van der Waals surface area contributed by atoms with Crippen LogP contribution in [0.2, 0.25) is 0 Å². The number of amides is 1. The number of carboxylic acids is 1. The first-order valence-corrected chi connectivity index (χ1v) is 6.97. The van der Waals surface area contributed by atoms with Crippen LogP contribution in [0.25, 0.3) is 0 Å². The van der Waals surface area contributed by atoms with E-state index in [2.05, 4.69) is 5.32 Å². The van der Waals surface area contributed by atoms with Gasteiger partial charge in [0.2, 0.25) is 5.91 Å². The van der Waals surface area contributed by atoms with Gasteiger partial charge in [-0.1, -0.05) is 12.8 Å². The van der Waals surface area contributed by atoms with Crippen molar-refractivity contribution in [3.8, 4) is 0 Å². The van der Waals surface area contributed by atoms with Crippen molar-refractivity contribution in [1.82, 2.24) is 10.2 Å². The molecule has 0 spiro atoms. The molecule has 0 bridgehead atoms. The maximum Gasteiger partial charge on any atom is 0.326 e. The van der Waals surface area contributed by atoms with Crippen LogP contribution in [0.3, 0.4) is 0 Å². The summed E-state index contributed by atoms with van der Waals surface area (Å²) < 4.78 is 0. The lowest BCUT2D eigenvalue weighted by Gasteiger charge is -2.35. The number of carboxylic acid groups (broad SMARTS) is 1. The topological polar surface area (TPSA) is 69.6 Å². The van der Waals surface area contributed by atoms with Crippen molar-refractivity contribution in [1.29, 1.82) is 0 Å². The molecule has 2 rings (SSSR count). The van der Waals surface area contributed by atoms with Gasteiger partial charge in [0.25, 0.3) is 0 Å². The van der Waals surface area contributed by atoms with Crippen molar-refractivity contribution < 1.29 is 14.7 Å². The number of likely N-dealkylation sites (tertiary alicyclic amines) is 1. The summed E-state index contributed by atoms with van der Waals surface area (Å²) in [5.74, 6) is -0.874. The first-order chi connectivity index (χ1) is 8.70. The van der Waals surface area contributed by atoms with Crippen LogP contribution in [0.5, 0.6) is 0 Å². The van der Waals surface area contributed by atoms with Crippen molar-refractivity contribution >= 4 is 11.9 Å². The Hall–Kier alpha value is -1.10. The molecule has 1 unspecified atom stereocenters. The van der Waals surface area contributed by atoms with E-state index in [9.17, 15) is 14.7 Å². The van der Waals surface area contributed by atoms with Crippen LogP contribution in [0.1, 0.15) is 44.9 Å². The standard InChI is InChI=1S/C13H22N2O3/c16-12(10-6-2-1-4-8-14-10)15-9-5-3-7-11(15)13(17)18/h10-11,14H,1-9H2,(H,17,18)/t10?,11-/m1/s1. The zero-order chi connectivity index (χ0) is 13.0. The molecule has 0 aromatic carbocycles. The van der Waals surface area contributed by atoms with Crippen molar-refractivity contribution in [2.75, 3.05) is 13.1 Å². The summed E-state index contributed by atoms with van der Waals surface area (Å²) in [7, 11) is 0. The Balaban J connectivity index is 2.02. The Bertz CT molecular complexity index is 311. The number of piperidine rings is 1. The number of carbonyl (C=O) groups excluding carboxylic acids is 1. The molecule has 2 fully saturated rings. The molecule has 2 aliphatic heterocycles. The first kappa shape index (κ1) is 13.3. The molecule has 0 radical (unpaired) electrons. The minimum Gasteiger partial charge on any atom is -0.480 e. The van der Waals surface area contributed by atoms with E-state index >= 15 is 0 Å². The van der Waals surface area contributed by atoms with Gasteiger partial charge in [-0.25, -0.2) is 4.79 Å². The number of nitrogens with zero attached hydrogens (tertiary/aromatic N) is 1. The van der Waals surface area contributed by atoms with E-state index < -0.39 is 12.0 Å². The summed E-state index contributed by atoms with van der Waals surface area (Å²) in [6, 6.07) is -0.788. The van der Waals surface area contributed by atoms with Gasteiger partial charge in [0, 0.05) is 6.54 Å². The van der Waals surface area contributed by atoms with Gasteiger partial charge >= 0.3 is 5.97 Å². The molecule has 2 saturated heterocycles. The molecule has 102 valence electrons. The van der Waals surface area contributed by atoms with Gasteiger partial charge in [-0.2, -0.15) is 0 Å². The quantitative estimate of drug-likeness (QED) is 0.771. The van der Waals surface area contributed by atoms with Gasteiger partial charge in [-0.3, -0.25) is 4.79 Å². The van der Waals surface area contributed by atoms with Crippen LogP contribution in [0.15, 0.2) is 0 Å². The molecular formula is C13H22N2O3. The lowest BCUT2D eigenvalue weighted by atomic mass is 10.00. The third kappa shape index (κ3) is 3.02. The SMILES string of the molecule is O=C(O)[C@H]1CCCCN1C(=O)C1CCCCCN1. The zero-order valence-electron chi connectivity index (χ0n) is 10.7. The summed E-state index contributed by atoms with van der Waals surface area (Å²) in [6.45, 7) is 1.45. The average Bonchev–Trinajstić information content (AvgIpc) is 2.66. The average molecular weight is 254 g/mol. The predicted molar refractivity (Wildman–Crippen MR) is 67.2 cm³/mol. The number of nitrogens with one attached hydrogen (secondary N) is 1. The molecule has 5 nitrogen and oxygen atoms in total. The van der Waals surface area contributed by atoms with Crippen molar-refractivity contribution in [3.63, 3.8) is 0 Å². The van der Waals surface area contributed by atoms with E-state index in [0.29, 0.717) is 13.0 Å². The third-order valence-corrected chi connectivity index (χ3v) is 3.93. The van der Waals surface area contributed by atoms with Crippen molar-refractivity contribution in [3.05, 3.63) is 0 Å². The van der Waals surface area contributed by atoms with Gasteiger partial charge < -0.3 is 15.3 Å². The number of carbonyl (C=O) groups is 2. The second kappa shape index (κ2) is 6.18. The highest BCUT2D eigenvalue weighted by Gasteiger charge is 2.35. The Labute approximate surface area is 108 Å². The fourth-order valence-electron chi connectivity index (χ4n) is 2.89. The van der Waals surface area contributed by atoms with Crippen LogP contribution in [-0.2, 0) is 9.59 Å². The molecule has 0 aliphatic carbocycles. The minimum atomic E-state index is -0.864. The summed E-state index contributed by atoms with van der Waals surface area (Å²) in [5.41, 5.74) is 0. The van der Waals surface area contributed by atoms with Gasteiger partial charge in [-0.05, 0) is 38.6 Å². The molecular weight excluding hydrogens is 232 g/mol. The molecule has 18 heavy (non-hydrogen) atoms. The van der Waals surface area contributed by atoms with Crippen LogP contribution in [-0.4, -0.2) is 47.1 Å². The Morgan fingerprint density at radius 1 is 1.06 bits per heavy atom. The first-order valence-electron chi connectivity index (χ1n) is 6.97. The van der Waals surface area contributed by atoms with Gasteiger partial charge in [0.05, 0.1) is 6.04 Å². The highest BCUT2D eigenvalue weighted by molar-refractivity contribution is 5.87. The van der Waals surface area contributed by atoms with Gasteiger partial charge in [-0.15, -0.1) is 0 Å². The van der Waals surface area contributed by atoms with Crippen LogP contribution < -0.4 is 5.32 Å². The molecule has 5 heteroatoms. The molecule has 2 atom stereocenters. The van der Waals surface area contributed by atoms with E-state index in [-0.39, 0.29) is 11.9 Å². The molecule has 2 N–H and O–H groups in total. The fourth-order valence-corrected chi connectivity index (χ4v) is 2.89.